The van der Waals surface area contributed by atoms with Crippen molar-refractivity contribution in [3.05, 3.63) is 0 Å². The fourth-order valence-electron chi connectivity index (χ4n) is 6.15. The standard InChI is InChI=1S/C24H42F2N6O4/c25-24(26)35-14-15-5-3-6-16(13-15)21-29-20(36-32-21)10-9-19(33)27-11-4-12-28-22-17-7-1-2-8-18(17)23(34)31-30-22/h15-18,20-22,24,28-30,32H,1-14H2,(H,27,33)(H,31,34). The van der Waals surface area contributed by atoms with Crippen LogP contribution in [0.3, 0.4) is 0 Å². The van der Waals surface area contributed by atoms with Crippen LogP contribution in [0.25, 0.3) is 0 Å². The van der Waals surface area contributed by atoms with Gasteiger partial charge in [-0.25, -0.2) is 5.43 Å². The number of carbonyl (C=O) groups excluding carboxylic acids is 2. The van der Waals surface area contributed by atoms with Crippen LogP contribution in [0.5, 0.6) is 0 Å². The molecule has 0 aromatic carbocycles. The molecule has 4 aliphatic rings. The summed E-state index contributed by atoms with van der Waals surface area (Å²) < 4.78 is 29.2. The Hall–Kier alpha value is -1.44. The summed E-state index contributed by atoms with van der Waals surface area (Å²) in [7, 11) is 0. The summed E-state index contributed by atoms with van der Waals surface area (Å²) in [4.78, 5) is 29.9. The van der Waals surface area contributed by atoms with Gasteiger partial charge in [-0.2, -0.15) is 14.3 Å². The van der Waals surface area contributed by atoms with Crippen LogP contribution in [0.15, 0.2) is 0 Å². The summed E-state index contributed by atoms with van der Waals surface area (Å²) in [5, 5.41) is 9.84. The highest BCUT2D eigenvalue weighted by Crippen LogP contribution is 2.34. The minimum Gasteiger partial charge on any atom is -0.356 e. The van der Waals surface area contributed by atoms with E-state index in [1.807, 2.05) is 0 Å². The Morgan fingerprint density at radius 2 is 2.00 bits per heavy atom. The number of nitrogens with one attached hydrogen (secondary N) is 6. The molecule has 2 heterocycles. The van der Waals surface area contributed by atoms with Crippen LogP contribution in [-0.2, 0) is 19.2 Å². The topological polar surface area (TPSA) is 125 Å². The third kappa shape index (κ3) is 8.03. The fourth-order valence-corrected chi connectivity index (χ4v) is 6.15. The molecular weight excluding hydrogens is 474 g/mol. The predicted molar refractivity (Wildman–Crippen MR) is 128 cm³/mol. The van der Waals surface area contributed by atoms with Crippen molar-refractivity contribution in [2.75, 3.05) is 19.7 Å². The van der Waals surface area contributed by atoms with Gasteiger partial charge in [0.1, 0.15) is 6.23 Å². The number of ether oxygens (including phenoxy) is 1. The number of hydroxylamine groups is 1. The molecule has 0 bridgehead atoms. The average Bonchev–Trinajstić information content (AvgIpc) is 3.37. The van der Waals surface area contributed by atoms with E-state index in [-0.39, 0.29) is 54.7 Å². The highest BCUT2D eigenvalue weighted by Gasteiger charge is 2.39. The summed E-state index contributed by atoms with van der Waals surface area (Å²) >= 11 is 0. The molecule has 2 amide bonds. The number of alkyl halides is 2. The maximum absolute atomic E-state index is 12.3. The van der Waals surface area contributed by atoms with E-state index >= 15 is 0 Å². The van der Waals surface area contributed by atoms with Gasteiger partial charge in [-0.1, -0.05) is 19.3 Å². The monoisotopic (exact) mass is 516 g/mol. The highest BCUT2D eigenvalue weighted by atomic mass is 19.3. The SMILES string of the molecule is O=C(CCC1NC(C2CCCC(COC(F)F)C2)NO1)NCCCNC1NNC(=O)C2CCCCC12. The lowest BCUT2D eigenvalue weighted by atomic mass is 9.76. The normalized spacial score (nSPS) is 34.9. The molecule has 2 aliphatic heterocycles. The van der Waals surface area contributed by atoms with Crippen LogP contribution in [0.2, 0.25) is 0 Å². The first-order chi connectivity index (χ1) is 17.5. The van der Waals surface area contributed by atoms with Crippen molar-refractivity contribution in [2.24, 2.45) is 23.7 Å². The van der Waals surface area contributed by atoms with Crippen molar-refractivity contribution in [3.8, 4) is 0 Å². The van der Waals surface area contributed by atoms with Crippen LogP contribution in [-0.4, -0.2) is 56.7 Å². The Kier molecular flexibility index (Phi) is 10.7. The zero-order chi connectivity index (χ0) is 25.3. The molecule has 10 nitrogen and oxygen atoms in total. The quantitative estimate of drug-likeness (QED) is 0.216. The largest absolute Gasteiger partial charge is 0.356 e. The van der Waals surface area contributed by atoms with Gasteiger partial charge in [0.15, 0.2) is 0 Å². The number of hydrogen-bond donors (Lipinski definition) is 6. The first kappa shape index (κ1) is 27.6. The summed E-state index contributed by atoms with van der Waals surface area (Å²) in [6.45, 7) is -1.29. The number of hydrazine groups is 1. The van der Waals surface area contributed by atoms with E-state index in [9.17, 15) is 18.4 Å². The second-order valence-electron chi connectivity index (χ2n) is 10.6. The number of rotatable bonds is 12. The van der Waals surface area contributed by atoms with Crippen LogP contribution in [0.4, 0.5) is 8.78 Å². The zero-order valence-electron chi connectivity index (χ0n) is 20.9. The van der Waals surface area contributed by atoms with Crippen LogP contribution in [0, 0.1) is 23.7 Å². The molecule has 206 valence electrons. The number of carbonyl (C=O) groups is 2. The van der Waals surface area contributed by atoms with Gasteiger partial charge in [-0.15, -0.1) is 0 Å². The molecule has 4 rings (SSSR count). The summed E-state index contributed by atoms with van der Waals surface area (Å²) in [5.41, 5.74) is 8.92. The summed E-state index contributed by atoms with van der Waals surface area (Å²) in [6, 6.07) is 0. The first-order valence-electron chi connectivity index (χ1n) is 13.6. The Morgan fingerprint density at radius 1 is 1.14 bits per heavy atom. The van der Waals surface area contributed by atoms with Gasteiger partial charge < -0.3 is 15.4 Å². The van der Waals surface area contributed by atoms with Gasteiger partial charge in [0.05, 0.1) is 18.9 Å². The Balaban J connectivity index is 1.05. The predicted octanol–water partition coefficient (Wildman–Crippen LogP) is 1.45. The Bertz CT molecular complexity index is 720. The molecule has 36 heavy (non-hydrogen) atoms. The maximum atomic E-state index is 12.3. The van der Waals surface area contributed by atoms with Crippen molar-refractivity contribution in [1.29, 1.82) is 0 Å². The van der Waals surface area contributed by atoms with Gasteiger partial charge in [0.2, 0.25) is 11.8 Å². The van der Waals surface area contributed by atoms with E-state index in [0.29, 0.717) is 25.3 Å². The van der Waals surface area contributed by atoms with Crippen molar-refractivity contribution in [3.63, 3.8) is 0 Å². The smallest absolute Gasteiger partial charge is 0.345 e. The maximum Gasteiger partial charge on any atom is 0.345 e. The lowest BCUT2D eigenvalue weighted by Crippen LogP contribution is -2.64. The molecule has 0 aromatic heterocycles. The van der Waals surface area contributed by atoms with Crippen molar-refractivity contribution in [1.82, 2.24) is 32.3 Å². The first-order valence-corrected chi connectivity index (χ1v) is 13.6. The van der Waals surface area contributed by atoms with Gasteiger partial charge >= 0.3 is 6.61 Å². The Morgan fingerprint density at radius 3 is 2.86 bits per heavy atom. The lowest BCUT2D eigenvalue weighted by molar-refractivity contribution is -0.141. The van der Waals surface area contributed by atoms with Crippen molar-refractivity contribution in [2.45, 2.75) is 95.8 Å². The molecular formula is C24H42F2N6O4. The number of halogens is 2. The number of fused-ring (bicyclic) bond motifs is 1. The van der Waals surface area contributed by atoms with E-state index in [4.69, 9.17) is 4.84 Å². The van der Waals surface area contributed by atoms with Crippen LogP contribution >= 0.6 is 0 Å². The zero-order valence-corrected chi connectivity index (χ0v) is 20.9. The van der Waals surface area contributed by atoms with Crippen LogP contribution < -0.4 is 32.3 Å². The molecule has 12 heteroatoms. The highest BCUT2D eigenvalue weighted by molar-refractivity contribution is 5.79. The molecule has 0 radical (unpaired) electrons. The van der Waals surface area contributed by atoms with Gasteiger partial charge in [0, 0.05) is 24.8 Å². The van der Waals surface area contributed by atoms with E-state index in [1.54, 1.807) is 0 Å². The van der Waals surface area contributed by atoms with Crippen molar-refractivity contribution >= 4 is 11.8 Å². The van der Waals surface area contributed by atoms with Crippen molar-refractivity contribution < 1.29 is 27.9 Å². The van der Waals surface area contributed by atoms with Gasteiger partial charge in [-0.05, 0) is 63.3 Å². The second kappa shape index (κ2) is 13.9. The molecule has 0 aromatic rings. The van der Waals surface area contributed by atoms with E-state index < -0.39 is 6.61 Å². The third-order valence-corrected chi connectivity index (χ3v) is 8.06. The minimum absolute atomic E-state index is 0.0128. The van der Waals surface area contributed by atoms with E-state index in [1.165, 1.54) is 0 Å². The summed E-state index contributed by atoms with van der Waals surface area (Å²) in [5.74, 6) is 0.932. The second-order valence-corrected chi connectivity index (χ2v) is 10.6. The summed E-state index contributed by atoms with van der Waals surface area (Å²) in [6.07, 6.45) is 9.49. The molecule has 7 atom stereocenters. The molecule has 2 saturated heterocycles. The van der Waals surface area contributed by atoms with Crippen LogP contribution in [0.1, 0.15) is 70.6 Å². The number of hydrogen-bond acceptors (Lipinski definition) is 8. The third-order valence-electron chi connectivity index (χ3n) is 8.06. The molecule has 0 spiro atoms. The molecule has 2 aliphatic carbocycles. The minimum atomic E-state index is -2.72. The van der Waals surface area contributed by atoms with Gasteiger partial charge in [0.25, 0.3) is 0 Å². The molecule has 7 unspecified atom stereocenters. The number of amides is 2. The van der Waals surface area contributed by atoms with E-state index in [2.05, 4.69) is 37.0 Å². The average molecular weight is 517 g/mol. The Labute approximate surface area is 211 Å². The molecule has 6 N–H and O–H groups in total. The fraction of sp³-hybridized carbons (Fsp3) is 0.917. The van der Waals surface area contributed by atoms with E-state index in [0.717, 1.165) is 64.3 Å². The lowest BCUT2D eigenvalue weighted by Gasteiger charge is -2.41. The molecule has 4 fully saturated rings. The van der Waals surface area contributed by atoms with Gasteiger partial charge in [-0.3, -0.25) is 25.2 Å². The molecule has 2 saturated carbocycles.